The van der Waals surface area contributed by atoms with Gasteiger partial charge in [0.25, 0.3) is 0 Å². The van der Waals surface area contributed by atoms with Crippen LogP contribution in [0.1, 0.15) is 37.3 Å². The standard InChI is InChI=1S/C16H19N2O2/c1-3-4-8-19-12-16(2)10-15(18-20-16)14-7-5-6-13(9-14)11-17/h5-7,9H,2-4,8,10,12H2,1H3. The van der Waals surface area contributed by atoms with Crippen LogP contribution in [0.2, 0.25) is 0 Å². The molecule has 1 atom stereocenters. The maximum absolute atomic E-state index is 8.92. The fourth-order valence-electron chi connectivity index (χ4n) is 2.03. The van der Waals surface area contributed by atoms with Crippen molar-refractivity contribution in [2.75, 3.05) is 13.2 Å². The number of hydrogen-bond donors (Lipinski definition) is 0. The number of oxime groups is 1. The first-order valence-corrected chi connectivity index (χ1v) is 6.85. The van der Waals surface area contributed by atoms with Crippen LogP contribution in [-0.2, 0) is 9.57 Å². The second-order valence-electron chi connectivity index (χ2n) is 5.09. The zero-order valence-electron chi connectivity index (χ0n) is 11.8. The molecule has 1 aliphatic rings. The van der Waals surface area contributed by atoms with E-state index in [0.29, 0.717) is 18.6 Å². The van der Waals surface area contributed by atoms with Crippen molar-refractivity contribution >= 4 is 5.71 Å². The largest absolute Gasteiger partial charge is 0.386 e. The van der Waals surface area contributed by atoms with E-state index in [-0.39, 0.29) is 0 Å². The van der Waals surface area contributed by atoms with Crippen LogP contribution < -0.4 is 0 Å². The SMILES string of the molecule is [CH2]C1(COCCCC)CC(c2cccc(C#N)c2)=NO1. The quantitative estimate of drug-likeness (QED) is 0.747. The number of unbranched alkanes of at least 4 members (excludes halogenated alkanes) is 1. The van der Waals surface area contributed by atoms with Crippen LogP contribution in [0.3, 0.4) is 0 Å². The Morgan fingerprint density at radius 3 is 3.15 bits per heavy atom. The van der Waals surface area contributed by atoms with Crippen molar-refractivity contribution in [2.45, 2.75) is 31.8 Å². The number of benzene rings is 1. The summed E-state index contributed by atoms with van der Waals surface area (Å²) in [5.41, 5.74) is 1.69. The zero-order valence-corrected chi connectivity index (χ0v) is 11.8. The maximum atomic E-state index is 8.92. The third-order valence-corrected chi connectivity index (χ3v) is 3.17. The Kier molecular flexibility index (Phi) is 4.75. The molecule has 0 fully saturated rings. The molecule has 1 aliphatic heterocycles. The molecule has 0 aromatic heterocycles. The van der Waals surface area contributed by atoms with Crippen LogP contribution in [0, 0.1) is 18.3 Å². The minimum absolute atomic E-state index is 0.429. The van der Waals surface area contributed by atoms with Gasteiger partial charge in [0.05, 0.1) is 24.0 Å². The third kappa shape index (κ3) is 3.58. The highest BCUT2D eigenvalue weighted by molar-refractivity contribution is 6.02. The van der Waals surface area contributed by atoms with E-state index in [1.165, 1.54) is 0 Å². The van der Waals surface area contributed by atoms with Gasteiger partial charge < -0.3 is 9.57 Å². The van der Waals surface area contributed by atoms with Gasteiger partial charge in [-0.3, -0.25) is 0 Å². The highest BCUT2D eigenvalue weighted by Gasteiger charge is 2.35. The highest BCUT2D eigenvalue weighted by Crippen LogP contribution is 2.26. The Bertz CT molecular complexity index is 534. The van der Waals surface area contributed by atoms with E-state index >= 15 is 0 Å². The van der Waals surface area contributed by atoms with Crippen LogP contribution in [0.25, 0.3) is 0 Å². The minimum atomic E-state index is -0.647. The molecular weight excluding hydrogens is 252 g/mol. The van der Waals surface area contributed by atoms with Crippen molar-refractivity contribution < 1.29 is 9.57 Å². The average Bonchev–Trinajstić information content (AvgIpc) is 2.87. The van der Waals surface area contributed by atoms with Gasteiger partial charge >= 0.3 is 0 Å². The summed E-state index contributed by atoms with van der Waals surface area (Å²) in [6.45, 7) is 7.33. The van der Waals surface area contributed by atoms with Crippen LogP contribution in [-0.4, -0.2) is 24.5 Å². The van der Waals surface area contributed by atoms with E-state index in [1.807, 2.05) is 18.2 Å². The number of hydrogen-bond acceptors (Lipinski definition) is 4. The number of rotatable bonds is 6. The van der Waals surface area contributed by atoms with Crippen molar-refractivity contribution in [3.8, 4) is 6.07 Å². The second kappa shape index (κ2) is 6.53. The second-order valence-corrected chi connectivity index (χ2v) is 5.09. The average molecular weight is 271 g/mol. The van der Waals surface area contributed by atoms with Crippen molar-refractivity contribution in [3.63, 3.8) is 0 Å². The van der Waals surface area contributed by atoms with Gasteiger partial charge in [-0.05, 0) is 25.5 Å². The van der Waals surface area contributed by atoms with Gasteiger partial charge in [0, 0.05) is 18.6 Å². The first kappa shape index (κ1) is 14.5. The molecule has 105 valence electrons. The Morgan fingerprint density at radius 1 is 1.55 bits per heavy atom. The van der Waals surface area contributed by atoms with Crippen molar-refractivity contribution in [1.29, 1.82) is 5.26 Å². The summed E-state index contributed by atoms with van der Waals surface area (Å²) in [4.78, 5) is 5.43. The zero-order chi connectivity index (χ0) is 14.4. The van der Waals surface area contributed by atoms with Gasteiger partial charge in [-0.1, -0.05) is 30.6 Å². The number of nitrogens with zero attached hydrogens (tertiary/aromatic N) is 2. The van der Waals surface area contributed by atoms with E-state index in [1.54, 1.807) is 6.07 Å². The minimum Gasteiger partial charge on any atom is -0.386 e. The molecule has 0 saturated heterocycles. The van der Waals surface area contributed by atoms with E-state index in [2.05, 4.69) is 25.1 Å². The number of ether oxygens (including phenoxy) is 1. The lowest BCUT2D eigenvalue weighted by Crippen LogP contribution is -2.31. The van der Waals surface area contributed by atoms with Crippen molar-refractivity contribution in [2.24, 2.45) is 5.16 Å². The summed E-state index contributed by atoms with van der Waals surface area (Å²) in [6, 6.07) is 9.47. The van der Waals surface area contributed by atoms with Crippen molar-refractivity contribution in [3.05, 3.63) is 42.3 Å². The molecule has 20 heavy (non-hydrogen) atoms. The smallest absolute Gasteiger partial charge is 0.166 e. The molecule has 0 spiro atoms. The Labute approximate surface area is 120 Å². The summed E-state index contributed by atoms with van der Waals surface area (Å²) >= 11 is 0. The van der Waals surface area contributed by atoms with Gasteiger partial charge in [-0.2, -0.15) is 5.26 Å². The first-order chi connectivity index (χ1) is 9.67. The van der Waals surface area contributed by atoms with Crippen LogP contribution in [0.15, 0.2) is 29.4 Å². The third-order valence-electron chi connectivity index (χ3n) is 3.17. The van der Waals surface area contributed by atoms with Crippen LogP contribution in [0.5, 0.6) is 0 Å². The van der Waals surface area contributed by atoms with Gasteiger partial charge in [-0.25, -0.2) is 0 Å². The molecule has 1 aromatic rings. The lowest BCUT2D eigenvalue weighted by atomic mass is 9.96. The van der Waals surface area contributed by atoms with E-state index in [0.717, 1.165) is 30.7 Å². The molecule has 0 saturated carbocycles. The van der Waals surface area contributed by atoms with Gasteiger partial charge in [0.2, 0.25) is 0 Å². The Balaban J connectivity index is 1.95. The molecular formula is C16H19N2O2. The summed E-state index contributed by atoms with van der Waals surface area (Å²) in [5, 5.41) is 13.0. The lowest BCUT2D eigenvalue weighted by Gasteiger charge is -2.20. The number of nitriles is 1. The molecule has 0 N–H and O–H groups in total. The molecule has 4 heteroatoms. The van der Waals surface area contributed by atoms with Gasteiger partial charge in [0.1, 0.15) is 0 Å². The molecule has 4 nitrogen and oxygen atoms in total. The molecule has 1 aromatic carbocycles. The summed E-state index contributed by atoms with van der Waals surface area (Å²) in [6.07, 6.45) is 2.73. The topological polar surface area (TPSA) is 54.6 Å². The molecule has 0 amide bonds. The molecule has 1 unspecified atom stereocenters. The molecule has 0 aliphatic carbocycles. The highest BCUT2D eigenvalue weighted by atomic mass is 16.7. The summed E-state index contributed by atoms with van der Waals surface area (Å²) < 4.78 is 5.58. The Hall–Kier alpha value is -1.86. The predicted octanol–water partition coefficient (Wildman–Crippen LogP) is 3.07. The Morgan fingerprint density at radius 2 is 2.40 bits per heavy atom. The fourth-order valence-corrected chi connectivity index (χ4v) is 2.03. The molecule has 2 rings (SSSR count). The maximum Gasteiger partial charge on any atom is 0.166 e. The fraction of sp³-hybridized carbons (Fsp3) is 0.438. The monoisotopic (exact) mass is 271 g/mol. The van der Waals surface area contributed by atoms with Gasteiger partial charge in [0.15, 0.2) is 5.60 Å². The summed E-state index contributed by atoms with van der Waals surface area (Å²) in [5.74, 6) is 0. The first-order valence-electron chi connectivity index (χ1n) is 6.85. The van der Waals surface area contributed by atoms with Crippen LogP contribution >= 0.6 is 0 Å². The molecule has 1 radical (unpaired) electrons. The molecule has 0 bridgehead atoms. The normalized spacial score (nSPS) is 21.1. The van der Waals surface area contributed by atoms with E-state index < -0.39 is 5.60 Å². The molecule has 1 heterocycles. The van der Waals surface area contributed by atoms with E-state index in [9.17, 15) is 0 Å². The van der Waals surface area contributed by atoms with Gasteiger partial charge in [-0.15, -0.1) is 0 Å². The van der Waals surface area contributed by atoms with E-state index in [4.69, 9.17) is 14.8 Å². The van der Waals surface area contributed by atoms with Crippen LogP contribution in [0.4, 0.5) is 0 Å². The predicted molar refractivity (Wildman–Crippen MR) is 77.2 cm³/mol. The van der Waals surface area contributed by atoms with Crippen molar-refractivity contribution in [1.82, 2.24) is 0 Å². The lowest BCUT2D eigenvalue weighted by molar-refractivity contribution is -0.0499. The summed E-state index contributed by atoms with van der Waals surface area (Å²) in [7, 11) is 0.